The standard InChI is InChI=1S/C13H15NO3/c1-9-11(13(16)17)7-12(15)14(9)8-10-5-3-2-4-6-10/h2-6,9,11H,7-8H2,1H3,(H,16,17)/t9-,11-/m1/s1. The Kier molecular flexibility index (Phi) is 3.13. The molecule has 1 N–H and O–H groups in total. The molecule has 2 atom stereocenters. The van der Waals surface area contributed by atoms with E-state index in [4.69, 9.17) is 5.11 Å². The molecule has 0 radical (unpaired) electrons. The second-order valence-corrected chi connectivity index (χ2v) is 4.40. The summed E-state index contributed by atoms with van der Waals surface area (Å²) in [6.45, 7) is 2.29. The van der Waals surface area contributed by atoms with Crippen molar-refractivity contribution in [3.63, 3.8) is 0 Å². The van der Waals surface area contributed by atoms with E-state index in [1.165, 1.54) is 0 Å². The summed E-state index contributed by atoms with van der Waals surface area (Å²) >= 11 is 0. The first kappa shape index (κ1) is 11.6. The predicted octanol–water partition coefficient (Wildman–Crippen LogP) is 1.51. The number of hydrogen-bond acceptors (Lipinski definition) is 2. The van der Waals surface area contributed by atoms with Crippen molar-refractivity contribution < 1.29 is 14.7 Å². The van der Waals surface area contributed by atoms with Gasteiger partial charge in [-0.15, -0.1) is 0 Å². The fraction of sp³-hybridized carbons (Fsp3) is 0.385. The van der Waals surface area contributed by atoms with Gasteiger partial charge in [-0.05, 0) is 12.5 Å². The summed E-state index contributed by atoms with van der Waals surface area (Å²) in [7, 11) is 0. The van der Waals surface area contributed by atoms with Gasteiger partial charge in [-0.2, -0.15) is 0 Å². The monoisotopic (exact) mass is 233 g/mol. The maximum absolute atomic E-state index is 11.8. The topological polar surface area (TPSA) is 57.6 Å². The van der Waals surface area contributed by atoms with Gasteiger partial charge < -0.3 is 10.0 Å². The van der Waals surface area contributed by atoms with Crippen molar-refractivity contribution in [2.75, 3.05) is 0 Å². The fourth-order valence-electron chi connectivity index (χ4n) is 2.23. The normalized spacial score (nSPS) is 24.1. The molecule has 1 aliphatic heterocycles. The van der Waals surface area contributed by atoms with Crippen LogP contribution in [0.1, 0.15) is 18.9 Å². The van der Waals surface area contributed by atoms with Crippen LogP contribution in [0, 0.1) is 5.92 Å². The molecule has 1 aromatic carbocycles. The summed E-state index contributed by atoms with van der Waals surface area (Å²) in [5.41, 5.74) is 1.03. The minimum atomic E-state index is -0.888. The minimum Gasteiger partial charge on any atom is -0.481 e. The van der Waals surface area contributed by atoms with Crippen LogP contribution < -0.4 is 0 Å². The maximum atomic E-state index is 11.8. The van der Waals surface area contributed by atoms with Crippen LogP contribution in [-0.2, 0) is 16.1 Å². The van der Waals surface area contributed by atoms with Gasteiger partial charge in [0.25, 0.3) is 0 Å². The molecule has 4 heteroatoms. The molecule has 0 unspecified atom stereocenters. The number of rotatable bonds is 3. The van der Waals surface area contributed by atoms with Crippen molar-refractivity contribution in [1.82, 2.24) is 4.90 Å². The number of carbonyl (C=O) groups is 2. The third-order valence-electron chi connectivity index (χ3n) is 3.30. The Morgan fingerprint density at radius 3 is 2.59 bits per heavy atom. The Bertz CT molecular complexity index is 430. The van der Waals surface area contributed by atoms with E-state index in [-0.39, 0.29) is 18.4 Å². The fourth-order valence-corrected chi connectivity index (χ4v) is 2.23. The van der Waals surface area contributed by atoms with Crippen LogP contribution in [0.4, 0.5) is 0 Å². The quantitative estimate of drug-likeness (QED) is 0.860. The van der Waals surface area contributed by atoms with E-state index in [1.54, 1.807) is 11.8 Å². The first-order chi connectivity index (χ1) is 8.09. The molecule has 90 valence electrons. The molecule has 0 spiro atoms. The van der Waals surface area contributed by atoms with Crippen molar-refractivity contribution in [2.24, 2.45) is 5.92 Å². The van der Waals surface area contributed by atoms with Gasteiger partial charge in [-0.25, -0.2) is 0 Å². The summed E-state index contributed by atoms with van der Waals surface area (Å²) < 4.78 is 0. The van der Waals surface area contributed by atoms with Crippen LogP contribution in [-0.4, -0.2) is 27.9 Å². The van der Waals surface area contributed by atoms with Gasteiger partial charge in [-0.3, -0.25) is 9.59 Å². The number of nitrogens with zero attached hydrogens (tertiary/aromatic N) is 1. The van der Waals surface area contributed by atoms with E-state index in [0.717, 1.165) is 5.56 Å². The average molecular weight is 233 g/mol. The zero-order chi connectivity index (χ0) is 12.4. The average Bonchev–Trinajstić information content (AvgIpc) is 2.58. The molecule has 0 aromatic heterocycles. The van der Waals surface area contributed by atoms with Crippen LogP contribution in [0.3, 0.4) is 0 Å². The minimum absolute atomic E-state index is 0.0752. The van der Waals surface area contributed by atoms with Crippen LogP contribution >= 0.6 is 0 Å². The summed E-state index contributed by atoms with van der Waals surface area (Å²) in [5, 5.41) is 9.01. The number of aliphatic carboxylic acids is 1. The summed E-state index contributed by atoms with van der Waals surface area (Å²) in [5.74, 6) is -1.54. The van der Waals surface area contributed by atoms with Gasteiger partial charge in [-0.1, -0.05) is 30.3 Å². The highest BCUT2D eigenvalue weighted by Crippen LogP contribution is 2.27. The lowest BCUT2D eigenvalue weighted by molar-refractivity contribution is -0.142. The van der Waals surface area contributed by atoms with Crippen LogP contribution in [0.25, 0.3) is 0 Å². The van der Waals surface area contributed by atoms with Gasteiger partial charge in [0, 0.05) is 19.0 Å². The zero-order valence-electron chi connectivity index (χ0n) is 9.67. The molecule has 0 bridgehead atoms. The molecule has 1 aliphatic rings. The van der Waals surface area contributed by atoms with Crippen molar-refractivity contribution in [3.8, 4) is 0 Å². The first-order valence-corrected chi connectivity index (χ1v) is 5.66. The summed E-state index contributed by atoms with van der Waals surface area (Å²) in [6, 6.07) is 9.38. The SMILES string of the molecule is C[C@@H]1[C@H](C(=O)O)CC(=O)N1Cc1ccccc1. The summed E-state index contributed by atoms with van der Waals surface area (Å²) in [4.78, 5) is 24.4. The van der Waals surface area contributed by atoms with Gasteiger partial charge in [0.05, 0.1) is 5.92 Å². The largest absolute Gasteiger partial charge is 0.481 e. The molecule has 17 heavy (non-hydrogen) atoms. The Morgan fingerprint density at radius 1 is 1.41 bits per heavy atom. The number of amides is 1. The van der Waals surface area contributed by atoms with Gasteiger partial charge >= 0.3 is 5.97 Å². The molecule has 1 saturated heterocycles. The van der Waals surface area contributed by atoms with E-state index in [1.807, 2.05) is 30.3 Å². The van der Waals surface area contributed by atoms with E-state index >= 15 is 0 Å². The highest BCUT2D eigenvalue weighted by Gasteiger charge is 2.40. The number of carboxylic acid groups (broad SMARTS) is 1. The van der Waals surface area contributed by atoms with Gasteiger partial charge in [0.1, 0.15) is 0 Å². The number of likely N-dealkylation sites (tertiary alicyclic amines) is 1. The van der Waals surface area contributed by atoms with Crippen LogP contribution in [0.15, 0.2) is 30.3 Å². The lowest BCUT2D eigenvalue weighted by atomic mass is 10.0. The molecule has 1 fully saturated rings. The number of carboxylic acids is 1. The molecule has 1 aromatic rings. The second kappa shape index (κ2) is 4.57. The Labute approximate surface area is 99.9 Å². The Morgan fingerprint density at radius 2 is 2.06 bits per heavy atom. The highest BCUT2D eigenvalue weighted by atomic mass is 16.4. The van der Waals surface area contributed by atoms with Crippen LogP contribution in [0.2, 0.25) is 0 Å². The molecular weight excluding hydrogens is 218 g/mol. The van der Waals surface area contributed by atoms with E-state index in [9.17, 15) is 9.59 Å². The van der Waals surface area contributed by atoms with E-state index < -0.39 is 11.9 Å². The van der Waals surface area contributed by atoms with Gasteiger partial charge in [0.15, 0.2) is 0 Å². The third-order valence-corrected chi connectivity index (χ3v) is 3.30. The van der Waals surface area contributed by atoms with E-state index in [0.29, 0.717) is 6.54 Å². The second-order valence-electron chi connectivity index (χ2n) is 4.40. The lowest BCUT2D eigenvalue weighted by Crippen LogP contribution is -2.34. The first-order valence-electron chi connectivity index (χ1n) is 5.66. The molecular formula is C13H15NO3. The molecule has 2 rings (SSSR count). The number of benzene rings is 1. The summed E-state index contributed by atoms with van der Waals surface area (Å²) in [6.07, 6.45) is 0.114. The van der Waals surface area contributed by atoms with Crippen LogP contribution in [0.5, 0.6) is 0 Å². The predicted molar refractivity (Wildman–Crippen MR) is 62.2 cm³/mol. The molecule has 1 amide bonds. The number of hydrogen-bond donors (Lipinski definition) is 1. The smallest absolute Gasteiger partial charge is 0.309 e. The molecule has 4 nitrogen and oxygen atoms in total. The van der Waals surface area contributed by atoms with E-state index in [2.05, 4.69) is 0 Å². The Balaban J connectivity index is 2.12. The maximum Gasteiger partial charge on any atom is 0.309 e. The molecule has 0 saturated carbocycles. The molecule has 0 aliphatic carbocycles. The Hall–Kier alpha value is -1.84. The van der Waals surface area contributed by atoms with Crippen molar-refractivity contribution in [2.45, 2.75) is 25.9 Å². The zero-order valence-corrected chi connectivity index (χ0v) is 9.67. The highest BCUT2D eigenvalue weighted by molar-refractivity contribution is 5.86. The van der Waals surface area contributed by atoms with Gasteiger partial charge in [0.2, 0.25) is 5.91 Å². The number of carbonyl (C=O) groups excluding carboxylic acids is 1. The van der Waals surface area contributed by atoms with Crippen molar-refractivity contribution in [1.29, 1.82) is 0 Å². The lowest BCUT2D eigenvalue weighted by Gasteiger charge is -2.23. The third kappa shape index (κ3) is 2.30. The van der Waals surface area contributed by atoms with Crippen molar-refractivity contribution >= 4 is 11.9 Å². The molecule has 1 heterocycles. The van der Waals surface area contributed by atoms with Crippen molar-refractivity contribution in [3.05, 3.63) is 35.9 Å².